The molecular formula is C15H20N2O3S. The van der Waals surface area contributed by atoms with E-state index in [4.69, 9.17) is 5.11 Å². The molecule has 1 aromatic rings. The lowest BCUT2D eigenvalue weighted by Crippen LogP contribution is -2.48. The highest BCUT2D eigenvalue weighted by molar-refractivity contribution is 7.99. The van der Waals surface area contributed by atoms with E-state index in [1.54, 1.807) is 16.7 Å². The first kappa shape index (κ1) is 15.7. The standard InChI is InChI=1S/C15H20N2O3S/c1-2-11-3-5-12(6-4-11)16-15(20)17-7-8-21-10-13(17)9-14(18)19/h3-6,13H,2,7-10H2,1H3,(H,16,20)(H,18,19). The summed E-state index contributed by atoms with van der Waals surface area (Å²) in [5.41, 5.74) is 1.95. The zero-order valence-corrected chi connectivity index (χ0v) is 12.9. The van der Waals surface area contributed by atoms with E-state index in [1.165, 1.54) is 5.56 Å². The van der Waals surface area contributed by atoms with Crippen molar-refractivity contribution in [2.24, 2.45) is 0 Å². The summed E-state index contributed by atoms with van der Waals surface area (Å²) in [4.78, 5) is 24.9. The van der Waals surface area contributed by atoms with Crippen molar-refractivity contribution in [2.45, 2.75) is 25.8 Å². The number of thioether (sulfide) groups is 1. The number of amides is 2. The van der Waals surface area contributed by atoms with Gasteiger partial charge in [-0.1, -0.05) is 19.1 Å². The van der Waals surface area contributed by atoms with Gasteiger partial charge >= 0.3 is 12.0 Å². The maximum absolute atomic E-state index is 12.3. The van der Waals surface area contributed by atoms with Crippen molar-refractivity contribution in [1.82, 2.24) is 4.90 Å². The fraction of sp³-hybridized carbons (Fsp3) is 0.467. The van der Waals surface area contributed by atoms with E-state index in [0.717, 1.165) is 17.9 Å². The fourth-order valence-corrected chi connectivity index (χ4v) is 3.37. The largest absolute Gasteiger partial charge is 0.481 e. The number of carbonyl (C=O) groups excluding carboxylic acids is 1. The van der Waals surface area contributed by atoms with Crippen LogP contribution in [0.15, 0.2) is 24.3 Å². The Kier molecular flexibility index (Phi) is 5.50. The molecule has 1 atom stereocenters. The molecule has 1 saturated heterocycles. The molecule has 0 saturated carbocycles. The van der Waals surface area contributed by atoms with E-state index in [9.17, 15) is 9.59 Å². The van der Waals surface area contributed by atoms with Gasteiger partial charge in [0.2, 0.25) is 0 Å². The molecule has 6 heteroatoms. The van der Waals surface area contributed by atoms with E-state index in [0.29, 0.717) is 12.3 Å². The van der Waals surface area contributed by atoms with Crippen molar-refractivity contribution < 1.29 is 14.7 Å². The summed E-state index contributed by atoms with van der Waals surface area (Å²) in [5, 5.41) is 11.8. The SMILES string of the molecule is CCc1ccc(NC(=O)N2CCSCC2CC(=O)O)cc1. The van der Waals surface area contributed by atoms with Crippen LogP contribution >= 0.6 is 11.8 Å². The van der Waals surface area contributed by atoms with Crippen LogP contribution in [-0.4, -0.2) is 46.1 Å². The van der Waals surface area contributed by atoms with Gasteiger partial charge in [0, 0.05) is 23.7 Å². The van der Waals surface area contributed by atoms with E-state index in [-0.39, 0.29) is 18.5 Å². The normalized spacial score (nSPS) is 18.3. The van der Waals surface area contributed by atoms with Gasteiger partial charge in [-0.25, -0.2) is 4.79 Å². The van der Waals surface area contributed by atoms with Gasteiger partial charge in [-0.3, -0.25) is 4.79 Å². The van der Waals surface area contributed by atoms with E-state index in [2.05, 4.69) is 12.2 Å². The Morgan fingerprint density at radius 1 is 1.38 bits per heavy atom. The van der Waals surface area contributed by atoms with E-state index >= 15 is 0 Å². The number of carboxylic acids is 1. The summed E-state index contributed by atoms with van der Waals surface area (Å²) < 4.78 is 0. The quantitative estimate of drug-likeness (QED) is 0.897. The summed E-state index contributed by atoms with van der Waals surface area (Å²) in [6.07, 6.45) is 0.952. The van der Waals surface area contributed by atoms with Crippen LogP contribution in [0.3, 0.4) is 0 Å². The third kappa shape index (κ3) is 4.39. The number of carboxylic acid groups (broad SMARTS) is 1. The van der Waals surface area contributed by atoms with Gasteiger partial charge < -0.3 is 15.3 Å². The van der Waals surface area contributed by atoms with Crippen LogP contribution in [-0.2, 0) is 11.2 Å². The smallest absolute Gasteiger partial charge is 0.322 e. The highest BCUT2D eigenvalue weighted by Gasteiger charge is 2.28. The van der Waals surface area contributed by atoms with Crippen molar-refractivity contribution in [3.05, 3.63) is 29.8 Å². The average Bonchev–Trinajstić information content (AvgIpc) is 2.48. The molecule has 21 heavy (non-hydrogen) atoms. The number of nitrogens with zero attached hydrogens (tertiary/aromatic N) is 1. The van der Waals surface area contributed by atoms with Gasteiger partial charge in [-0.2, -0.15) is 11.8 Å². The Morgan fingerprint density at radius 2 is 2.10 bits per heavy atom. The van der Waals surface area contributed by atoms with E-state index < -0.39 is 5.97 Å². The van der Waals surface area contributed by atoms with Crippen LogP contribution in [0.25, 0.3) is 0 Å². The minimum atomic E-state index is -0.868. The molecule has 0 bridgehead atoms. The topological polar surface area (TPSA) is 69.6 Å². The number of nitrogens with one attached hydrogen (secondary N) is 1. The first-order valence-corrected chi connectivity index (χ1v) is 8.21. The fourth-order valence-electron chi connectivity index (χ4n) is 2.31. The first-order valence-electron chi connectivity index (χ1n) is 7.06. The second-order valence-corrected chi connectivity index (χ2v) is 6.15. The average molecular weight is 308 g/mol. The summed E-state index contributed by atoms with van der Waals surface area (Å²) in [5.74, 6) is 0.653. The van der Waals surface area contributed by atoms with Crippen LogP contribution < -0.4 is 5.32 Å². The molecule has 1 unspecified atom stereocenters. The molecule has 2 N–H and O–H groups in total. The molecule has 5 nitrogen and oxygen atoms in total. The molecule has 2 amide bonds. The monoisotopic (exact) mass is 308 g/mol. The Bertz CT molecular complexity index is 504. The highest BCUT2D eigenvalue weighted by Crippen LogP contribution is 2.20. The van der Waals surface area contributed by atoms with Crippen molar-refractivity contribution in [3.8, 4) is 0 Å². The maximum Gasteiger partial charge on any atom is 0.322 e. The zero-order valence-electron chi connectivity index (χ0n) is 12.0. The van der Waals surface area contributed by atoms with Gasteiger partial charge in [0.05, 0.1) is 12.5 Å². The van der Waals surface area contributed by atoms with Crippen molar-refractivity contribution in [3.63, 3.8) is 0 Å². The molecule has 0 aliphatic carbocycles. The third-order valence-electron chi connectivity index (χ3n) is 3.51. The lowest BCUT2D eigenvalue weighted by Gasteiger charge is -2.34. The minimum Gasteiger partial charge on any atom is -0.481 e. The Balaban J connectivity index is 2.00. The maximum atomic E-state index is 12.3. The van der Waals surface area contributed by atoms with Crippen molar-refractivity contribution in [2.75, 3.05) is 23.4 Å². The predicted molar refractivity (Wildman–Crippen MR) is 84.9 cm³/mol. The lowest BCUT2D eigenvalue weighted by atomic mass is 10.1. The number of hydrogen-bond acceptors (Lipinski definition) is 3. The molecule has 1 aliphatic heterocycles. The molecule has 1 aromatic carbocycles. The van der Waals surface area contributed by atoms with Gasteiger partial charge in [0.15, 0.2) is 0 Å². The molecular weight excluding hydrogens is 288 g/mol. The molecule has 1 heterocycles. The van der Waals surface area contributed by atoms with Gasteiger partial charge in [-0.15, -0.1) is 0 Å². The lowest BCUT2D eigenvalue weighted by molar-refractivity contribution is -0.137. The summed E-state index contributed by atoms with van der Waals surface area (Å²) in [7, 11) is 0. The van der Waals surface area contributed by atoms with Crippen LogP contribution in [0.4, 0.5) is 10.5 Å². The molecule has 1 aliphatic rings. The number of aryl methyl sites for hydroxylation is 1. The van der Waals surface area contributed by atoms with Crippen LogP contribution in [0, 0.1) is 0 Å². The number of anilines is 1. The van der Waals surface area contributed by atoms with Gasteiger partial charge in [-0.05, 0) is 24.1 Å². The molecule has 1 fully saturated rings. The highest BCUT2D eigenvalue weighted by atomic mass is 32.2. The Hall–Kier alpha value is -1.69. The molecule has 0 radical (unpaired) electrons. The second-order valence-electron chi connectivity index (χ2n) is 5.00. The molecule has 0 spiro atoms. The zero-order chi connectivity index (χ0) is 15.2. The number of benzene rings is 1. The first-order chi connectivity index (χ1) is 10.1. The van der Waals surface area contributed by atoms with Crippen LogP contribution in [0.1, 0.15) is 18.9 Å². The minimum absolute atomic E-state index is 0.00477. The Labute approximate surface area is 128 Å². The van der Waals surface area contributed by atoms with Crippen LogP contribution in [0.5, 0.6) is 0 Å². The summed E-state index contributed by atoms with van der Waals surface area (Å²) in [6, 6.07) is 7.26. The predicted octanol–water partition coefficient (Wildman–Crippen LogP) is 2.67. The van der Waals surface area contributed by atoms with Crippen molar-refractivity contribution >= 4 is 29.4 Å². The third-order valence-corrected chi connectivity index (χ3v) is 4.60. The van der Waals surface area contributed by atoms with Gasteiger partial charge in [0.25, 0.3) is 0 Å². The van der Waals surface area contributed by atoms with E-state index in [1.807, 2.05) is 24.3 Å². The second kappa shape index (κ2) is 7.36. The molecule has 2 rings (SSSR count). The van der Waals surface area contributed by atoms with Crippen LogP contribution in [0.2, 0.25) is 0 Å². The number of carbonyl (C=O) groups is 2. The van der Waals surface area contributed by atoms with Crippen molar-refractivity contribution in [1.29, 1.82) is 0 Å². The summed E-state index contributed by atoms with van der Waals surface area (Å²) in [6.45, 7) is 2.66. The number of aliphatic carboxylic acids is 1. The Morgan fingerprint density at radius 3 is 2.71 bits per heavy atom. The number of urea groups is 1. The molecule has 0 aromatic heterocycles. The number of rotatable bonds is 4. The molecule has 114 valence electrons. The number of hydrogen-bond donors (Lipinski definition) is 2. The van der Waals surface area contributed by atoms with Gasteiger partial charge in [0.1, 0.15) is 0 Å². The summed E-state index contributed by atoms with van der Waals surface area (Å²) >= 11 is 1.69.